The quantitative estimate of drug-likeness (QED) is 0.901. The molecule has 5 nitrogen and oxygen atoms in total. The van der Waals surface area contributed by atoms with Gasteiger partial charge in [-0.1, -0.05) is 19.0 Å². The first-order valence-corrected chi connectivity index (χ1v) is 6.92. The zero-order valence-corrected chi connectivity index (χ0v) is 11.9. The molecule has 6 heteroatoms. The van der Waals surface area contributed by atoms with Crippen LogP contribution in [0, 0.1) is 6.92 Å². The molecular formula is C12H18N4OS. The van der Waals surface area contributed by atoms with Crippen LogP contribution in [-0.2, 0) is 6.54 Å². The van der Waals surface area contributed by atoms with Crippen LogP contribution in [0.1, 0.15) is 55.1 Å². The number of rotatable bonds is 5. The Hall–Kier alpha value is -1.27. The summed E-state index contributed by atoms with van der Waals surface area (Å²) in [6, 6.07) is 0.199. The van der Waals surface area contributed by atoms with Gasteiger partial charge in [0.15, 0.2) is 5.82 Å². The van der Waals surface area contributed by atoms with Crippen molar-refractivity contribution >= 4 is 11.3 Å². The van der Waals surface area contributed by atoms with Crippen molar-refractivity contribution in [3.05, 3.63) is 27.8 Å². The van der Waals surface area contributed by atoms with Gasteiger partial charge in [-0.25, -0.2) is 4.98 Å². The van der Waals surface area contributed by atoms with Crippen molar-refractivity contribution in [2.75, 3.05) is 0 Å². The fourth-order valence-electron chi connectivity index (χ4n) is 1.48. The molecule has 98 valence electrons. The van der Waals surface area contributed by atoms with Gasteiger partial charge in [-0.2, -0.15) is 4.98 Å². The zero-order valence-electron chi connectivity index (χ0n) is 11.1. The van der Waals surface area contributed by atoms with Crippen molar-refractivity contribution in [2.45, 2.75) is 46.2 Å². The Balaban J connectivity index is 1.90. The standard InChI is InChI=1S/C12H18N4OS/c1-7(2)11-15-10(16-17-11)5-13-9(4)12-14-8(3)6-18-12/h6-7,9,13H,5H2,1-4H3. The largest absolute Gasteiger partial charge is 0.339 e. The Morgan fingerprint density at radius 1 is 1.33 bits per heavy atom. The smallest absolute Gasteiger partial charge is 0.229 e. The van der Waals surface area contributed by atoms with Crippen molar-refractivity contribution in [1.29, 1.82) is 0 Å². The Morgan fingerprint density at radius 2 is 2.11 bits per heavy atom. The zero-order chi connectivity index (χ0) is 13.1. The van der Waals surface area contributed by atoms with Gasteiger partial charge in [0.25, 0.3) is 0 Å². The number of nitrogens with one attached hydrogen (secondary N) is 1. The van der Waals surface area contributed by atoms with Crippen molar-refractivity contribution < 1.29 is 4.52 Å². The van der Waals surface area contributed by atoms with Gasteiger partial charge in [0.1, 0.15) is 5.01 Å². The number of hydrogen-bond donors (Lipinski definition) is 1. The van der Waals surface area contributed by atoms with E-state index >= 15 is 0 Å². The topological polar surface area (TPSA) is 63.8 Å². The third-order valence-electron chi connectivity index (χ3n) is 2.55. The molecule has 0 aliphatic carbocycles. The van der Waals surface area contributed by atoms with E-state index in [1.54, 1.807) is 11.3 Å². The highest BCUT2D eigenvalue weighted by Gasteiger charge is 2.12. The summed E-state index contributed by atoms with van der Waals surface area (Å²) in [5, 5.41) is 10.4. The molecule has 0 bridgehead atoms. The minimum atomic E-state index is 0.199. The number of nitrogens with zero attached hydrogens (tertiary/aromatic N) is 3. The van der Waals surface area contributed by atoms with E-state index in [1.165, 1.54) is 0 Å². The van der Waals surface area contributed by atoms with Crippen LogP contribution in [0.5, 0.6) is 0 Å². The second kappa shape index (κ2) is 5.58. The molecule has 0 spiro atoms. The minimum absolute atomic E-state index is 0.199. The number of hydrogen-bond acceptors (Lipinski definition) is 6. The van der Waals surface area contributed by atoms with Crippen LogP contribution in [0.2, 0.25) is 0 Å². The predicted octanol–water partition coefficient (Wildman–Crippen LogP) is 2.81. The molecule has 0 aliphatic rings. The van der Waals surface area contributed by atoms with Crippen molar-refractivity contribution in [2.24, 2.45) is 0 Å². The molecule has 1 unspecified atom stereocenters. The fourth-order valence-corrected chi connectivity index (χ4v) is 2.30. The van der Waals surface area contributed by atoms with E-state index in [0.717, 1.165) is 10.7 Å². The first-order valence-electron chi connectivity index (χ1n) is 6.04. The van der Waals surface area contributed by atoms with E-state index in [1.807, 2.05) is 20.8 Å². The number of aromatic nitrogens is 3. The highest BCUT2D eigenvalue weighted by Crippen LogP contribution is 2.18. The van der Waals surface area contributed by atoms with E-state index in [-0.39, 0.29) is 12.0 Å². The molecule has 1 atom stereocenters. The van der Waals surface area contributed by atoms with Crippen LogP contribution in [0.15, 0.2) is 9.90 Å². The lowest BCUT2D eigenvalue weighted by atomic mass is 10.2. The van der Waals surface area contributed by atoms with E-state index in [2.05, 4.69) is 32.7 Å². The molecule has 1 N–H and O–H groups in total. The molecular weight excluding hydrogens is 248 g/mol. The Labute approximate surface area is 111 Å². The first kappa shape index (κ1) is 13.2. The van der Waals surface area contributed by atoms with E-state index in [0.29, 0.717) is 18.3 Å². The van der Waals surface area contributed by atoms with E-state index in [4.69, 9.17) is 4.52 Å². The summed E-state index contributed by atoms with van der Waals surface area (Å²) in [5.74, 6) is 1.65. The lowest BCUT2D eigenvalue weighted by molar-refractivity contribution is 0.358. The van der Waals surface area contributed by atoms with Gasteiger partial charge < -0.3 is 9.84 Å². The van der Waals surface area contributed by atoms with Crippen LogP contribution < -0.4 is 5.32 Å². The summed E-state index contributed by atoms with van der Waals surface area (Å²) in [6.45, 7) is 8.75. The van der Waals surface area contributed by atoms with Gasteiger partial charge in [0.2, 0.25) is 5.89 Å². The fraction of sp³-hybridized carbons (Fsp3) is 0.583. The molecule has 0 saturated carbocycles. The molecule has 0 aromatic carbocycles. The van der Waals surface area contributed by atoms with Gasteiger partial charge >= 0.3 is 0 Å². The lowest BCUT2D eigenvalue weighted by Crippen LogP contribution is -2.18. The maximum Gasteiger partial charge on any atom is 0.229 e. The van der Waals surface area contributed by atoms with Gasteiger partial charge in [0, 0.05) is 17.0 Å². The molecule has 2 rings (SSSR count). The Morgan fingerprint density at radius 3 is 2.67 bits per heavy atom. The van der Waals surface area contributed by atoms with Crippen LogP contribution in [-0.4, -0.2) is 15.1 Å². The third-order valence-corrected chi connectivity index (χ3v) is 3.70. The molecule has 2 aromatic heterocycles. The predicted molar refractivity (Wildman–Crippen MR) is 70.5 cm³/mol. The van der Waals surface area contributed by atoms with Gasteiger partial charge in [-0.15, -0.1) is 11.3 Å². The third kappa shape index (κ3) is 3.14. The lowest BCUT2D eigenvalue weighted by Gasteiger charge is -2.08. The summed E-state index contributed by atoms with van der Waals surface area (Å²) >= 11 is 1.67. The molecule has 2 aromatic rings. The normalized spacial score (nSPS) is 13.2. The van der Waals surface area contributed by atoms with E-state index in [9.17, 15) is 0 Å². The van der Waals surface area contributed by atoms with Gasteiger partial charge in [-0.05, 0) is 13.8 Å². The summed E-state index contributed by atoms with van der Waals surface area (Å²) in [5.41, 5.74) is 1.06. The minimum Gasteiger partial charge on any atom is -0.339 e. The van der Waals surface area contributed by atoms with Gasteiger partial charge in [-0.3, -0.25) is 0 Å². The van der Waals surface area contributed by atoms with Crippen LogP contribution in [0.4, 0.5) is 0 Å². The van der Waals surface area contributed by atoms with Crippen LogP contribution in [0.3, 0.4) is 0 Å². The van der Waals surface area contributed by atoms with E-state index < -0.39 is 0 Å². The maximum atomic E-state index is 5.15. The molecule has 0 amide bonds. The highest BCUT2D eigenvalue weighted by molar-refractivity contribution is 7.09. The summed E-state index contributed by atoms with van der Waals surface area (Å²) in [4.78, 5) is 8.77. The number of aryl methyl sites for hydroxylation is 1. The van der Waals surface area contributed by atoms with Crippen LogP contribution in [0.25, 0.3) is 0 Å². The number of thiazole rings is 1. The second-order valence-electron chi connectivity index (χ2n) is 4.63. The monoisotopic (exact) mass is 266 g/mol. The molecule has 0 aliphatic heterocycles. The molecule has 0 fully saturated rings. The Kier molecular flexibility index (Phi) is 4.08. The highest BCUT2D eigenvalue weighted by atomic mass is 32.1. The average molecular weight is 266 g/mol. The molecule has 2 heterocycles. The maximum absolute atomic E-state index is 5.15. The molecule has 0 saturated heterocycles. The van der Waals surface area contributed by atoms with Gasteiger partial charge in [0.05, 0.1) is 12.6 Å². The van der Waals surface area contributed by atoms with Crippen molar-refractivity contribution in [1.82, 2.24) is 20.4 Å². The second-order valence-corrected chi connectivity index (χ2v) is 5.52. The Bertz CT molecular complexity index is 506. The SMILES string of the molecule is Cc1csc(C(C)NCc2noc(C(C)C)n2)n1. The van der Waals surface area contributed by atoms with Crippen LogP contribution >= 0.6 is 11.3 Å². The summed E-state index contributed by atoms with van der Waals surface area (Å²) < 4.78 is 5.15. The van der Waals surface area contributed by atoms with Crippen molar-refractivity contribution in [3.8, 4) is 0 Å². The summed E-state index contributed by atoms with van der Waals surface area (Å²) in [6.07, 6.45) is 0. The molecule has 18 heavy (non-hydrogen) atoms. The summed E-state index contributed by atoms with van der Waals surface area (Å²) in [7, 11) is 0. The first-order chi connectivity index (χ1) is 8.56. The molecule has 0 radical (unpaired) electrons. The average Bonchev–Trinajstić information content (AvgIpc) is 2.94. The van der Waals surface area contributed by atoms with Crippen molar-refractivity contribution in [3.63, 3.8) is 0 Å².